The highest BCUT2D eigenvalue weighted by Gasteiger charge is 2.13. The first-order chi connectivity index (χ1) is 9.66. The molecule has 2 N–H and O–H groups in total. The van der Waals surface area contributed by atoms with Crippen molar-refractivity contribution in [1.29, 1.82) is 0 Å². The molecule has 0 unspecified atom stereocenters. The Morgan fingerprint density at radius 2 is 1.95 bits per heavy atom. The lowest BCUT2D eigenvalue weighted by Gasteiger charge is -2.06. The first-order valence-electron chi connectivity index (χ1n) is 5.90. The summed E-state index contributed by atoms with van der Waals surface area (Å²) >= 11 is 1.49. The van der Waals surface area contributed by atoms with Gasteiger partial charge in [0.25, 0.3) is 0 Å². The van der Waals surface area contributed by atoms with Gasteiger partial charge in [-0.3, -0.25) is 9.59 Å². The van der Waals surface area contributed by atoms with Crippen molar-refractivity contribution in [2.75, 3.05) is 5.32 Å². The summed E-state index contributed by atoms with van der Waals surface area (Å²) in [6.45, 7) is 1.85. The highest BCUT2D eigenvalue weighted by Crippen LogP contribution is 2.12. The fourth-order valence-corrected chi connectivity index (χ4v) is 2.05. The Labute approximate surface area is 120 Å². The second kappa shape index (κ2) is 6.63. The number of hydrogen-bond acceptors (Lipinski definition) is 4. The number of benzene rings is 1. The Morgan fingerprint density at radius 3 is 2.65 bits per heavy atom. The van der Waals surface area contributed by atoms with Gasteiger partial charge in [0.05, 0.1) is 6.21 Å². The quantitative estimate of drug-likeness (QED) is 0.516. The molecule has 6 heteroatoms. The van der Waals surface area contributed by atoms with Gasteiger partial charge in [-0.2, -0.15) is 5.10 Å². The summed E-state index contributed by atoms with van der Waals surface area (Å²) in [5.41, 5.74) is 3.68. The van der Waals surface area contributed by atoms with Crippen molar-refractivity contribution in [3.63, 3.8) is 0 Å². The van der Waals surface area contributed by atoms with E-state index in [1.807, 2.05) is 36.6 Å². The average Bonchev–Trinajstić information content (AvgIpc) is 2.94. The van der Waals surface area contributed by atoms with E-state index in [4.69, 9.17) is 0 Å². The molecule has 1 heterocycles. The van der Waals surface area contributed by atoms with Crippen molar-refractivity contribution in [3.05, 3.63) is 52.2 Å². The van der Waals surface area contributed by atoms with Gasteiger partial charge in [0.15, 0.2) is 0 Å². The van der Waals surface area contributed by atoms with Crippen LogP contribution in [0.15, 0.2) is 46.9 Å². The molecule has 0 aliphatic heterocycles. The summed E-state index contributed by atoms with van der Waals surface area (Å²) in [4.78, 5) is 24.1. The van der Waals surface area contributed by atoms with Gasteiger partial charge in [-0.05, 0) is 30.0 Å². The first-order valence-corrected chi connectivity index (χ1v) is 6.78. The van der Waals surface area contributed by atoms with Crippen molar-refractivity contribution in [2.45, 2.75) is 6.92 Å². The minimum Gasteiger partial charge on any atom is -0.317 e. The van der Waals surface area contributed by atoms with Gasteiger partial charge in [-0.15, -0.1) is 11.3 Å². The average molecular weight is 287 g/mol. The molecule has 0 bridgehead atoms. The zero-order valence-electron chi connectivity index (χ0n) is 10.8. The molecule has 0 radical (unpaired) electrons. The molecule has 0 saturated heterocycles. The molecule has 0 fully saturated rings. The molecule has 1 aromatic carbocycles. The molecule has 0 aliphatic carbocycles. The molecule has 2 aromatic rings. The van der Waals surface area contributed by atoms with Crippen LogP contribution in [0, 0.1) is 6.92 Å². The zero-order chi connectivity index (χ0) is 14.4. The van der Waals surface area contributed by atoms with Crippen LogP contribution in [0.1, 0.15) is 10.4 Å². The van der Waals surface area contributed by atoms with E-state index in [2.05, 4.69) is 15.8 Å². The van der Waals surface area contributed by atoms with Crippen LogP contribution in [0.3, 0.4) is 0 Å². The van der Waals surface area contributed by atoms with Gasteiger partial charge in [-0.25, -0.2) is 5.43 Å². The van der Waals surface area contributed by atoms with Crippen molar-refractivity contribution < 1.29 is 9.59 Å². The third-order valence-electron chi connectivity index (χ3n) is 2.50. The van der Waals surface area contributed by atoms with Gasteiger partial charge in [0, 0.05) is 10.6 Å². The van der Waals surface area contributed by atoms with Crippen LogP contribution >= 0.6 is 11.3 Å². The predicted molar refractivity (Wildman–Crippen MR) is 79.9 cm³/mol. The molecule has 102 valence electrons. The largest absolute Gasteiger partial charge is 0.329 e. The zero-order valence-corrected chi connectivity index (χ0v) is 11.6. The van der Waals surface area contributed by atoms with E-state index in [0.717, 1.165) is 10.4 Å². The van der Waals surface area contributed by atoms with E-state index in [-0.39, 0.29) is 0 Å². The van der Waals surface area contributed by atoms with Crippen LogP contribution in [0.5, 0.6) is 0 Å². The molecule has 0 spiro atoms. The van der Waals surface area contributed by atoms with Gasteiger partial charge in [0.1, 0.15) is 0 Å². The molecule has 0 aliphatic rings. The third-order valence-corrected chi connectivity index (χ3v) is 3.31. The number of aryl methyl sites for hydroxylation is 1. The third kappa shape index (κ3) is 3.76. The summed E-state index contributed by atoms with van der Waals surface area (Å²) in [5.74, 6) is -1.55. The Morgan fingerprint density at radius 1 is 1.15 bits per heavy atom. The maximum atomic E-state index is 11.7. The van der Waals surface area contributed by atoms with Crippen LogP contribution in [0.4, 0.5) is 5.69 Å². The summed E-state index contributed by atoms with van der Waals surface area (Å²) < 4.78 is 0. The second-order valence-electron chi connectivity index (χ2n) is 3.98. The minimum absolute atomic E-state index is 0.606. The van der Waals surface area contributed by atoms with Crippen LogP contribution in [-0.2, 0) is 9.59 Å². The number of anilines is 1. The summed E-state index contributed by atoms with van der Waals surface area (Å²) in [6.07, 6.45) is 1.49. The van der Waals surface area contributed by atoms with Crippen LogP contribution in [0.25, 0.3) is 0 Å². The van der Waals surface area contributed by atoms with Crippen molar-refractivity contribution >= 4 is 35.1 Å². The number of thiophene rings is 1. The van der Waals surface area contributed by atoms with Gasteiger partial charge < -0.3 is 5.32 Å². The Bertz CT molecular complexity index is 636. The van der Waals surface area contributed by atoms with Crippen LogP contribution in [-0.4, -0.2) is 18.0 Å². The van der Waals surface area contributed by atoms with Crippen LogP contribution < -0.4 is 10.7 Å². The lowest BCUT2D eigenvalue weighted by Crippen LogP contribution is -2.32. The van der Waals surface area contributed by atoms with E-state index in [1.165, 1.54) is 17.6 Å². The molecular weight excluding hydrogens is 274 g/mol. The van der Waals surface area contributed by atoms with E-state index < -0.39 is 11.8 Å². The minimum atomic E-state index is -0.805. The van der Waals surface area contributed by atoms with E-state index in [0.29, 0.717) is 5.69 Å². The summed E-state index contributed by atoms with van der Waals surface area (Å²) in [7, 11) is 0. The standard InChI is InChI=1S/C14H13N3O2S/c1-10-5-2-3-7-12(10)16-13(18)14(19)17-15-9-11-6-4-8-20-11/h2-9H,1H3,(H,16,18)(H,17,19). The Hall–Kier alpha value is -2.47. The number of hydrazone groups is 1. The van der Waals surface area contributed by atoms with Gasteiger partial charge in [0.2, 0.25) is 0 Å². The molecule has 2 rings (SSSR count). The summed E-state index contributed by atoms with van der Waals surface area (Å²) in [6, 6.07) is 11.0. The number of rotatable bonds is 3. The Kier molecular flexibility index (Phi) is 4.62. The normalized spacial score (nSPS) is 10.4. The topological polar surface area (TPSA) is 70.6 Å². The number of amides is 2. The van der Waals surface area contributed by atoms with Gasteiger partial charge in [-0.1, -0.05) is 24.3 Å². The molecule has 0 atom stereocenters. The molecule has 2 amide bonds. The number of nitrogens with one attached hydrogen (secondary N) is 2. The predicted octanol–water partition coefficient (Wildman–Crippen LogP) is 2.15. The molecule has 20 heavy (non-hydrogen) atoms. The smallest absolute Gasteiger partial charge is 0.317 e. The molecule has 5 nitrogen and oxygen atoms in total. The van der Waals surface area contributed by atoms with Gasteiger partial charge >= 0.3 is 11.8 Å². The molecular formula is C14H13N3O2S. The van der Waals surface area contributed by atoms with Crippen molar-refractivity contribution in [1.82, 2.24) is 5.43 Å². The highest BCUT2D eigenvalue weighted by molar-refractivity contribution is 7.11. The number of carbonyl (C=O) groups is 2. The van der Waals surface area contributed by atoms with E-state index in [9.17, 15) is 9.59 Å². The second-order valence-corrected chi connectivity index (χ2v) is 4.96. The van der Waals surface area contributed by atoms with Crippen molar-refractivity contribution in [2.24, 2.45) is 5.10 Å². The fourth-order valence-electron chi connectivity index (χ4n) is 1.46. The van der Waals surface area contributed by atoms with E-state index >= 15 is 0 Å². The monoisotopic (exact) mass is 287 g/mol. The molecule has 1 aromatic heterocycles. The lowest BCUT2D eigenvalue weighted by atomic mass is 10.2. The first kappa shape index (κ1) is 14.0. The maximum Gasteiger partial charge on any atom is 0.329 e. The number of para-hydroxylation sites is 1. The van der Waals surface area contributed by atoms with Crippen LogP contribution in [0.2, 0.25) is 0 Å². The SMILES string of the molecule is Cc1ccccc1NC(=O)C(=O)NN=Cc1cccs1. The molecule has 0 saturated carbocycles. The number of carbonyl (C=O) groups excluding carboxylic acids is 2. The van der Waals surface area contributed by atoms with Crippen molar-refractivity contribution in [3.8, 4) is 0 Å². The maximum absolute atomic E-state index is 11.7. The number of nitrogens with zero attached hydrogens (tertiary/aromatic N) is 1. The Balaban J connectivity index is 1.89. The fraction of sp³-hybridized carbons (Fsp3) is 0.0714. The summed E-state index contributed by atoms with van der Waals surface area (Å²) in [5, 5.41) is 8.15. The number of hydrogen-bond donors (Lipinski definition) is 2. The lowest BCUT2D eigenvalue weighted by molar-refractivity contribution is -0.136. The highest BCUT2D eigenvalue weighted by atomic mass is 32.1. The van der Waals surface area contributed by atoms with E-state index in [1.54, 1.807) is 12.1 Å².